The van der Waals surface area contributed by atoms with Crippen LogP contribution in [0.15, 0.2) is 48.5 Å². The number of carbonyl (C=O) groups excluding carboxylic acids is 1. The fraction of sp³-hybridized carbons (Fsp3) is 0.381. The minimum absolute atomic E-state index is 0.0760. The summed E-state index contributed by atoms with van der Waals surface area (Å²) < 4.78 is 1.18. The molecule has 1 aliphatic heterocycles. The standard InChI is InChI=1S/C21H26IN3O/c1-17-15-19(22)7-8-20(17)23-21(26)16-25-13-11-24(12-14-25)10-9-18-5-3-2-4-6-18/h2-8,15H,9-14,16H2,1H3,(H,23,26). The number of halogens is 1. The van der Waals surface area contributed by atoms with Crippen molar-refractivity contribution in [1.29, 1.82) is 0 Å². The molecule has 138 valence electrons. The minimum atomic E-state index is 0.0760. The predicted molar refractivity (Wildman–Crippen MR) is 116 cm³/mol. The molecule has 5 heteroatoms. The van der Waals surface area contributed by atoms with E-state index in [0.717, 1.165) is 50.4 Å². The summed E-state index contributed by atoms with van der Waals surface area (Å²) >= 11 is 2.29. The van der Waals surface area contributed by atoms with Crippen LogP contribution in [0.5, 0.6) is 0 Å². The van der Waals surface area contributed by atoms with E-state index in [4.69, 9.17) is 0 Å². The summed E-state index contributed by atoms with van der Waals surface area (Å²) in [6.45, 7) is 7.56. The summed E-state index contributed by atoms with van der Waals surface area (Å²) in [5, 5.41) is 3.05. The molecule has 0 saturated carbocycles. The van der Waals surface area contributed by atoms with Gasteiger partial charge in [-0.2, -0.15) is 0 Å². The van der Waals surface area contributed by atoms with Gasteiger partial charge in [0.25, 0.3) is 0 Å². The van der Waals surface area contributed by atoms with Gasteiger partial charge in [-0.3, -0.25) is 9.69 Å². The third-order valence-corrected chi connectivity index (χ3v) is 5.53. The van der Waals surface area contributed by atoms with E-state index in [1.807, 2.05) is 19.1 Å². The van der Waals surface area contributed by atoms with E-state index in [1.54, 1.807) is 0 Å². The number of anilines is 1. The lowest BCUT2D eigenvalue weighted by Gasteiger charge is -2.34. The lowest BCUT2D eigenvalue weighted by Crippen LogP contribution is -2.49. The van der Waals surface area contributed by atoms with Crippen LogP contribution in [0, 0.1) is 10.5 Å². The largest absolute Gasteiger partial charge is 0.325 e. The van der Waals surface area contributed by atoms with Crippen LogP contribution in [0.3, 0.4) is 0 Å². The topological polar surface area (TPSA) is 35.6 Å². The van der Waals surface area contributed by atoms with E-state index in [2.05, 4.69) is 74.1 Å². The van der Waals surface area contributed by atoms with Gasteiger partial charge in [-0.05, 0) is 65.3 Å². The molecule has 0 bridgehead atoms. The van der Waals surface area contributed by atoms with Gasteiger partial charge in [-0.1, -0.05) is 30.3 Å². The number of hydrogen-bond acceptors (Lipinski definition) is 3. The van der Waals surface area contributed by atoms with Crippen molar-refractivity contribution in [3.63, 3.8) is 0 Å². The first-order valence-electron chi connectivity index (χ1n) is 9.15. The Morgan fingerprint density at radius 1 is 1.04 bits per heavy atom. The molecule has 1 amide bonds. The average molecular weight is 463 g/mol. The second-order valence-electron chi connectivity index (χ2n) is 6.86. The van der Waals surface area contributed by atoms with Gasteiger partial charge in [-0.25, -0.2) is 0 Å². The van der Waals surface area contributed by atoms with Gasteiger partial charge in [0.05, 0.1) is 6.54 Å². The van der Waals surface area contributed by atoms with E-state index >= 15 is 0 Å². The summed E-state index contributed by atoms with van der Waals surface area (Å²) in [4.78, 5) is 17.1. The zero-order valence-corrected chi connectivity index (χ0v) is 17.4. The zero-order chi connectivity index (χ0) is 18.4. The van der Waals surface area contributed by atoms with Crippen molar-refractivity contribution in [2.24, 2.45) is 0 Å². The lowest BCUT2D eigenvalue weighted by atomic mass is 10.1. The van der Waals surface area contributed by atoms with Crippen LogP contribution < -0.4 is 5.32 Å². The second-order valence-corrected chi connectivity index (χ2v) is 8.11. The Bertz CT molecular complexity index is 727. The predicted octanol–water partition coefficient (Wildman–Crippen LogP) is 3.40. The minimum Gasteiger partial charge on any atom is -0.325 e. The number of aryl methyl sites for hydroxylation is 1. The van der Waals surface area contributed by atoms with Crippen LogP contribution >= 0.6 is 22.6 Å². The normalized spacial score (nSPS) is 15.8. The lowest BCUT2D eigenvalue weighted by molar-refractivity contribution is -0.117. The van der Waals surface area contributed by atoms with E-state index in [0.29, 0.717) is 6.54 Å². The average Bonchev–Trinajstić information content (AvgIpc) is 2.64. The summed E-state index contributed by atoms with van der Waals surface area (Å²) in [5.74, 6) is 0.0760. The maximum absolute atomic E-state index is 12.3. The van der Waals surface area contributed by atoms with Crippen molar-refractivity contribution < 1.29 is 4.79 Å². The van der Waals surface area contributed by atoms with E-state index in [1.165, 1.54) is 9.13 Å². The SMILES string of the molecule is Cc1cc(I)ccc1NC(=O)CN1CCN(CCc2ccccc2)CC1. The first kappa shape index (κ1) is 19.3. The highest BCUT2D eigenvalue weighted by atomic mass is 127. The molecule has 0 aliphatic carbocycles. The van der Waals surface area contributed by atoms with Crippen LogP contribution in [-0.2, 0) is 11.2 Å². The van der Waals surface area contributed by atoms with Gasteiger partial charge in [0.2, 0.25) is 5.91 Å². The fourth-order valence-corrected chi connectivity index (χ4v) is 3.91. The molecular formula is C21H26IN3O. The molecule has 1 N–H and O–H groups in total. The molecule has 2 aromatic rings. The monoisotopic (exact) mass is 463 g/mol. The fourth-order valence-electron chi connectivity index (χ4n) is 3.26. The Balaban J connectivity index is 1.40. The molecule has 0 spiro atoms. The Kier molecular flexibility index (Phi) is 7.05. The van der Waals surface area contributed by atoms with Gasteiger partial charge in [-0.15, -0.1) is 0 Å². The first-order chi connectivity index (χ1) is 12.6. The van der Waals surface area contributed by atoms with Crippen molar-refractivity contribution in [1.82, 2.24) is 9.80 Å². The summed E-state index contributed by atoms with van der Waals surface area (Å²) in [6, 6.07) is 16.7. The van der Waals surface area contributed by atoms with Crippen LogP contribution in [0.1, 0.15) is 11.1 Å². The number of nitrogens with zero attached hydrogens (tertiary/aromatic N) is 2. The van der Waals surface area contributed by atoms with Crippen molar-refractivity contribution >= 4 is 34.2 Å². The number of hydrogen-bond donors (Lipinski definition) is 1. The molecule has 0 atom stereocenters. The van der Waals surface area contributed by atoms with Gasteiger partial charge < -0.3 is 10.2 Å². The van der Waals surface area contributed by atoms with E-state index < -0.39 is 0 Å². The van der Waals surface area contributed by atoms with Gasteiger partial charge >= 0.3 is 0 Å². The van der Waals surface area contributed by atoms with Gasteiger partial charge in [0.15, 0.2) is 0 Å². The number of carbonyl (C=O) groups is 1. The number of benzene rings is 2. The summed E-state index contributed by atoms with van der Waals surface area (Å²) in [5.41, 5.74) is 3.41. The number of rotatable bonds is 6. The highest BCUT2D eigenvalue weighted by Gasteiger charge is 2.19. The number of nitrogens with one attached hydrogen (secondary N) is 1. The molecule has 1 heterocycles. The quantitative estimate of drug-likeness (QED) is 0.668. The van der Waals surface area contributed by atoms with Crippen LogP contribution in [-0.4, -0.2) is 55.0 Å². The Morgan fingerprint density at radius 2 is 1.73 bits per heavy atom. The van der Waals surface area contributed by atoms with Crippen molar-refractivity contribution in [2.45, 2.75) is 13.3 Å². The molecule has 0 aromatic heterocycles. The maximum atomic E-state index is 12.3. The smallest absolute Gasteiger partial charge is 0.238 e. The summed E-state index contributed by atoms with van der Waals surface area (Å²) in [6.07, 6.45) is 1.09. The van der Waals surface area contributed by atoms with Crippen molar-refractivity contribution in [3.8, 4) is 0 Å². The van der Waals surface area contributed by atoms with Crippen molar-refractivity contribution in [3.05, 3.63) is 63.2 Å². The first-order valence-corrected chi connectivity index (χ1v) is 10.2. The van der Waals surface area contributed by atoms with E-state index in [-0.39, 0.29) is 5.91 Å². The highest BCUT2D eigenvalue weighted by Crippen LogP contribution is 2.17. The molecule has 0 unspecified atom stereocenters. The highest BCUT2D eigenvalue weighted by molar-refractivity contribution is 14.1. The third-order valence-electron chi connectivity index (χ3n) is 4.85. The molecule has 2 aromatic carbocycles. The molecule has 3 rings (SSSR count). The van der Waals surface area contributed by atoms with Crippen LogP contribution in [0.2, 0.25) is 0 Å². The molecule has 1 fully saturated rings. The summed E-state index contributed by atoms with van der Waals surface area (Å²) in [7, 11) is 0. The molecule has 26 heavy (non-hydrogen) atoms. The molecule has 0 radical (unpaired) electrons. The number of amides is 1. The van der Waals surface area contributed by atoms with E-state index in [9.17, 15) is 4.79 Å². The molecule has 4 nitrogen and oxygen atoms in total. The third kappa shape index (κ3) is 5.79. The Morgan fingerprint density at radius 3 is 2.42 bits per heavy atom. The van der Waals surface area contributed by atoms with Gasteiger partial charge in [0.1, 0.15) is 0 Å². The Hall–Kier alpha value is -1.44. The maximum Gasteiger partial charge on any atom is 0.238 e. The Labute approximate surface area is 169 Å². The molecule has 1 aliphatic rings. The molecular weight excluding hydrogens is 437 g/mol. The second kappa shape index (κ2) is 9.48. The van der Waals surface area contributed by atoms with Gasteiger partial charge in [0, 0.05) is 42.0 Å². The zero-order valence-electron chi connectivity index (χ0n) is 15.2. The van der Waals surface area contributed by atoms with Crippen LogP contribution in [0.4, 0.5) is 5.69 Å². The molecule has 1 saturated heterocycles. The number of piperazine rings is 1. The van der Waals surface area contributed by atoms with Crippen LogP contribution in [0.25, 0.3) is 0 Å². The van der Waals surface area contributed by atoms with Crippen molar-refractivity contribution in [2.75, 3.05) is 44.6 Å².